The van der Waals surface area contributed by atoms with Gasteiger partial charge in [-0.15, -0.1) is 0 Å². The molecule has 5 aromatic rings. The first kappa shape index (κ1) is 25.1. The van der Waals surface area contributed by atoms with Crippen LogP contribution in [0.15, 0.2) is 96.6 Å². The highest BCUT2D eigenvalue weighted by Gasteiger charge is 2.16. The Morgan fingerprint density at radius 3 is 2.34 bits per heavy atom. The van der Waals surface area contributed by atoms with Crippen LogP contribution in [0.2, 0.25) is 5.02 Å². The minimum Gasteiger partial charge on any atom is -0.488 e. The predicted octanol–water partition coefficient (Wildman–Crippen LogP) is 8.39. The second-order valence-corrected chi connectivity index (χ2v) is 9.51. The van der Waals surface area contributed by atoms with E-state index in [4.69, 9.17) is 16.3 Å². The third kappa shape index (κ3) is 4.98. The van der Waals surface area contributed by atoms with Gasteiger partial charge in [0.2, 0.25) is 0 Å². The minimum absolute atomic E-state index is 0.0353. The lowest BCUT2D eigenvalue weighted by molar-refractivity contribution is -0.112. The molecule has 0 saturated heterocycles. The van der Waals surface area contributed by atoms with E-state index in [1.807, 2.05) is 55.5 Å². The average Bonchev–Trinajstić information content (AvgIpc) is 2.94. The Labute approximate surface area is 226 Å². The van der Waals surface area contributed by atoms with Crippen molar-refractivity contribution in [1.82, 2.24) is 0 Å². The number of halogens is 1. The van der Waals surface area contributed by atoms with Gasteiger partial charge in [-0.2, -0.15) is 5.26 Å². The van der Waals surface area contributed by atoms with Gasteiger partial charge in [0.1, 0.15) is 24.0 Å². The monoisotopic (exact) mass is 516 g/mol. The van der Waals surface area contributed by atoms with E-state index in [-0.39, 0.29) is 5.57 Å². The van der Waals surface area contributed by atoms with Crippen LogP contribution in [0.25, 0.3) is 27.6 Å². The highest BCUT2D eigenvalue weighted by Crippen LogP contribution is 2.32. The molecule has 0 saturated carbocycles. The van der Waals surface area contributed by atoms with E-state index >= 15 is 0 Å². The number of nitrogens with one attached hydrogen (secondary N) is 1. The van der Waals surface area contributed by atoms with Gasteiger partial charge in [0.15, 0.2) is 0 Å². The summed E-state index contributed by atoms with van der Waals surface area (Å²) in [6.07, 6.45) is 1.60. The summed E-state index contributed by atoms with van der Waals surface area (Å²) in [6.45, 7) is 4.24. The Morgan fingerprint density at radius 1 is 0.895 bits per heavy atom. The summed E-state index contributed by atoms with van der Waals surface area (Å²) in [5.74, 6) is 0.0807. The summed E-state index contributed by atoms with van der Waals surface area (Å²) in [5, 5.41) is 17.5. The summed E-state index contributed by atoms with van der Waals surface area (Å²) in [5.41, 5.74) is 4.17. The molecule has 4 nitrogen and oxygen atoms in total. The third-order valence-corrected chi connectivity index (χ3v) is 7.16. The highest BCUT2D eigenvalue weighted by atomic mass is 35.5. The zero-order valence-corrected chi connectivity index (χ0v) is 21.8. The first-order valence-electron chi connectivity index (χ1n) is 12.3. The number of hydrogen-bond acceptors (Lipinski definition) is 3. The second kappa shape index (κ2) is 10.8. The van der Waals surface area contributed by atoms with E-state index in [2.05, 4.69) is 42.6 Å². The number of nitrogens with zero attached hydrogens (tertiary/aromatic N) is 1. The van der Waals surface area contributed by atoms with Crippen LogP contribution >= 0.6 is 11.6 Å². The Bertz CT molecular complexity index is 1770. The van der Waals surface area contributed by atoms with Crippen LogP contribution in [0.3, 0.4) is 0 Å². The highest BCUT2D eigenvalue weighted by molar-refractivity contribution is 6.31. The number of hydrogen-bond donors (Lipinski definition) is 1. The Balaban J connectivity index is 1.54. The number of ether oxygens (including phenoxy) is 1. The number of fused-ring (bicyclic) bond motifs is 2. The van der Waals surface area contributed by atoms with Crippen molar-refractivity contribution in [3.8, 4) is 11.8 Å². The number of carbonyl (C=O) groups excluding carboxylic acids is 1. The van der Waals surface area contributed by atoms with Crippen molar-refractivity contribution in [1.29, 1.82) is 5.26 Å². The topological polar surface area (TPSA) is 62.1 Å². The molecule has 0 fully saturated rings. The van der Waals surface area contributed by atoms with Crippen molar-refractivity contribution in [3.05, 3.63) is 124 Å². The van der Waals surface area contributed by atoms with Crippen molar-refractivity contribution in [2.75, 3.05) is 5.32 Å². The number of nitriles is 1. The zero-order chi connectivity index (χ0) is 26.6. The SMILES string of the molecule is Cc1ccc2ccccc2c1COc1ccc2ccccc2c1/C=C(\C#N)C(=O)Nc1cccc(Cl)c1C. The fourth-order valence-corrected chi connectivity index (χ4v) is 4.74. The summed E-state index contributed by atoms with van der Waals surface area (Å²) < 4.78 is 6.40. The number of amides is 1. The first-order chi connectivity index (χ1) is 18.5. The molecule has 38 heavy (non-hydrogen) atoms. The Morgan fingerprint density at radius 2 is 1.58 bits per heavy atom. The molecule has 0 aliphatic rings. The number of anilines is 1. The lowest BCUT2D eigenvalue weighted by Gasteiger charge is -2.15. The van der Waals surface area contributed by atoms with Crippen molar-refractivity contribution in [3.63, 3.8) is 0 Å². The number of benzene rings is 5. The van der Waals surface area contributed by atoms with Crippen LogP contribution < -0.4 is 10.1 Å². The Hall–Kier alpha value is -4.59. The molecular weight excluding hydrogens is 492 g/mol. The molecule has 0 aliphatic heterocycles. The van der Waals surface area contributed by atoms with Crippen molar-refractivity contribution in [2.45, 2.75) is 20.5 Å². The molecule has 0 bridgehead atoms. The van der Waals surface area contributed by atoms with Crippen molar-refractivity contribution in [2.24, 2.45) is 0 Å². The van der Waals surface area contributed by atoms with E-state index in [1.54, 1.807) is 24.3 Å². The molecule has 0 atom stereocenters. The van der Waals surface area contributed by atoms with Gasteiger partial charge in [-0.25, -0.2) is 0 Å². The molecule has 5 aromatic carbocycles. The summed E-state index contributed by atoms with van der Waals surface area (Å²) in [4.78, 5) is 13.1. The average molecular weight is 517 g/mol. The van der Waals surface area contributed by atoms with Gasteiger partial charge in [0.05, 0.1) is 0 Å². The van der Waals surface area contributed by atoms with Gasteiger partial charge in [-0.1, -0.05) is 84.4 Å². The van der Waals surface area contributed by atoms with Gasteiger partial charge < -0.3 is 10.1 Å². The maximum atomic E-state index is 13.1. The largest absolute Gasteiger partial charge is 0.488 e. The van der Waals surface area contributed by atoms with E-state index in [0.717, 1.165) is 38.2 Å². The molecule has 0 spiro atoms. The summed E-state index contributed by atoms with van der Waals surface area (Å²) in [6, 6.07) is 31.5. The normalized spacial score (nSPS) is 11.4. The van der Waals surface area contributed by atoms with Crippen LogP contribution in [-0.2, 0) is 11.4 Å². The second-order valence-electron chi connectivity index (χ2n) is 9.11. The fraction of sp³-hybridized carbons (Fsp3) is 0.0909. The van der Waals surface area contributed by atoms with E-state index in [9.17, 15) is 10.1 Å². The maximum Gasteiger partial charge on any atom is 0.266 e. The smallest absolute Gasteiger partial charge is 0.266 e. The van der Waals surface area contributed by atoms with Crippen molar-refractivity contribution >= 4 is 50.8 Å². The van der Waals surface area contributed by atoms with Crippen LogP contribution in [0.4, 0.5) is 5.69 Å². The standard InChI is InChI=1S/C33H25ClN2O2/c1-21-14-15-23-8-4-6-11-27(23)29(21)20-38-32-17-16-24-9-3-5-10-26(24)28(32)18-25(19-35)33(37)36-31-13-7-12-30(34)22(31)2/h3-18H,20H2,1-2H3,(H,36,37)/b25-18+. The molecule has 186 valence electrons. The third-order valence-electron chi connectivity index (χ3n) is 6.75. The number of aryl methyl sites for hydroxylation is 1. The number of rotatable bonds is 6. The number of carbonyl (C=O) groups is 1. The van der Waals surface area contributed by atoms with Crippen LogP contribution in [-0.4, -0.2) is 5.91 Å². The molecule has 0 aromatic heterocycles. The fourth-order valence-electron chi connectivity index (χ4n) is 4.56. The van der Waals surface area contributed by atoms with E-state index in [1.165, 1.54) is 0 Å². The van der Waals surface area contributed by atoms with Crippen molar-refractivity contribution < 1.29 is 9.53 Å². The minimum atomic E-state index is -0.512. The van der Waals surface area contributed by atoms with Crippen LogP contribution in [0.5, 0.6) is 5.75 Å². The quantitative estimate of drug-likeness (QED) is 0.182. The van der Waals surface area contributed by atoms with E-state index < -0.39 is 5.91 Å². The van der Waals surface area contributed by atoms with E-state index in [0.29, 0.717) is 28.6 Å². The van der Waals surface area contributed by atoms with Gasteiger partial charge in [-0.3, -0.25) is 4.79 Å². The lowest BCUT2D eigenvalue weighted by Crippen LogP contribution is -2.14. The lowest BCUT2D eigenvalue weighted by atomic mass is 9.99. The van der Waals surface area contributed by atoms with Crippen LogP contribution in [0, 0.1) is 25.2 Å². The molecular formula is C33H25ClN2O2. The summed E-state index contributed by atoms with van der Waals surface area (Å²) in [7, 11) is 0. The first-order valence-corrected chi connectivity index (χ1v) is 12.6. The predicted molar refractivity (Wildman–Crippen MR) is 155 cm³/mol. The van der Waals surface area contributed by atoms with Crippen LogP contribution in [0.1, 0.15) is 22.3 Å². The van der Waals surface area contributed by atoms with Gasteiger partial charge in [-0.05, 0) is 70.8 Å². The van der Waals surface area contributed by atoms with Gasteiger partial charge >= 0.3 is 0 Å². The molecule has 5 rings (SSSR count). The molecule has 5 heteroatoms. The molecule has 0 radical (unpaired) electrons. The molecule has 0 heterocycles. The molecule has 1 N–H and O–H groups in total. The molecule has 0 unspecified atom stereocenters. The maximum absolute atomic E-state index is 13.1. The molecule has 0 aliphatic carbocycles. The zero-order valence-electron chi connectivity index (χ0n) is 21.1. The summed E-state index contributed by atoms with van der Waals surface area (Å²) >= 11 is 6.21. The van der Waals surface area contributed by atoms with Gasteiger partial charge in [0, 0.05) is 21.8 Å². The molecule has 1 amide bonds. The Kier molecular flexibility index (Phi) is 7.13. The van der Waals surface area contributed by atoms with Gasteiger partial charge in [0.25, 0.3) is 5.91 Å².